The van der Waals surface area contributed by atoms with E-state index in [1.54, 1.807) is 27.9 Å². The zero-order valence-electron chi connectivity index (χ0n) is 31.8. The summed E-state index contributed by atoms with van der Waals surface area (Å²) in [6.07, 6.45) is 10.7. The molecule has 0 amide bonds. The van der Waals surface area contributed by atoms with Crippen molar-refractivity contribution in [2.75, 3.05) is 4.90 Å². The number of fused-ring (bicyclic) bond motifs is 14. The monoisotopic (exact) mass is 719 g/mol. The molecule has 0 aliphatic heterocycles. The Hall–Kier alpha value is -5.66. The lowest BCUT2D eigenvalue weighted by atomic mass is 9.60. The molecule has 0 radical (unpaired) electrons. The fourth-order valence-electron chi connectivity index (χ4n) is 13.0. The number of benzene rings is 7. The summed E-state index contributed by atoms with van der Waals surface area (Å²) in [6, 6.07) is 58.5. The third-order valence-corrected chi connectivity index (χ3v) is 15.3. The SMILES string of the molecule is c1ccc(-c2ccc(N(c3cccc4c3-c3ccccc3C43c4ccccc4-c4ccccc43)c3c4c(cc5c3C3CCC5CC3)C3CCC4CC3)cc2)cc1. The van der Waals surface area contributed by atoms with Crippen molar-refractivity contribution in [3.8, 4) is 33.4 Å². The van der Waals surface area contributed by atoms with Gasteiger partial charge in [-0.25, -0.2) is 0 Å². The maximum absolute atomic E-state index is 2.81. The highest BCUT2D eigenvalue weighted by atomic mass is 15.2. The molecule has 1 spiro atoms. The van der Waals surface area contributed by atoms with Crippen molar-refractivity contribution in [1.82, 2.24) is 0 Å². The van der Waals surface area contributed by atoms with Crippen molar-refractivity contribution in [2.45, 2.75) is 80.5 Å². The van der Waals surface area contributed by atoms with Crippen LogP contribution in [0.1, 0.15) is 120 Å². The van der Waals surface area contributed by atoms with E-state index in [9.17, 15) is 0 Å². The van der Waals surface area contributed by atoms with Gasteiger partial charge < -0.3 is 4.90 Å². The minimum absolute atomic E-state index is 0.369. The number of nitrogens with zero attached hydrogens (tertiary/aromatic N) is 1. The average Bonchev–Trinajstić information content (AvgIpc) is 3.75. The molecule has 8 aliphatic rings. The molecule has 0 atom stereocenters. The quantitative estimate of drug-likeness (QED) is 0.175. The van der Waals surface area contributed by atoms with Crippen molar-refractivity contribution in [1.29, 1.82) is 0 Å². The highest BCUT2D eigenvalue weighted by Crippen LogP contribution is 2.67. The van der Waals surface area contributed by atoms with Gasteiger partial charge in [0.05, 0.1) is 16.8 Å². The molecule has 0 unspecified atom stereocenters. The number of hydrogen-bond acceptors (Lipinski definition) is 1. The Balaban J connectivity index is 1.14. The first-order valence-electron chi connectivity index (χ1n) is 21.4. The molecule has 15 rings (SSSR count). The van der Waals surface area contributed by atoms with Crippen LogP contribution in [-0.2, 0) is 5.41 Å². The van der Waals surface area contributed by atoms with E-state index in [4.69, 9.17) is 0 Å². The lowest BCUT2D eigenvalue weighted by Crippen LogP contribution is -2.31. The second-order valence-corrected chi connectivity index (χ2v) is 17.7. The van der Waals surface area contributed by atoms with Gasteiger partial charge in [-0.3, -0.25) is 0 Å². The zero-order valence-corrected chi connectivity index (χ0v) is 31.8. The third-order valence-electron chi connectivity index (χ3n) is 15.3. The Kier molecular flexibility index (Phi) is 6.58. The van der Waals surface area contributed by atoms with Gasteiger partial charge in [0.15, 0.2) is 0 Å². The van der Waals surface area contributed by atoms with Gasteiger partial charge in [0.25, 0.3) is 0 Å². The van der Waals surface area contributed by atoms with Crippen molar-refractivity contribution in [2.24, 2.45) is 0 Å². The minimum Gasteiger partial charge on any atom is -0.309 e. The van der Waals surface area contributed by atoms with Crippen molar-refractivity contribution >= 4 is 17.1 Å². The maximum Gasteiger partial charge on any atom is 0.0726 e. The summed E-state index contributed by atoms with van der Waals surface area (Å²) in [5.74, 6) is 2.65. The predicted octanol–water partition coefficient (Wildman–Crippen LogP) is 14.7. The molecule has 1 nitrogen and oxygen atoms in total. The second-order valence-electron chi connectivity index (χ2n) is 17.7. The molecule has 4 bridgehead atoms. The van der Waals surface area contributed by atoms with Crippen molar-refractivity contribution in [3.05, 3.63) is 196 Å². The third kappa shape index (κ3) is 4.06. The smallest absolute Gasteiger partial charge is 0.0726 e. The van der Waals surface area contributed by atoms with E-state index in [1.165, 1.54) is 118 Å². The van der Waals surface area contributed by atoms with E-state index >= 15 is 0 Å². The van der Waals surface area contributed by atoms with Crippen LogP contribution in [0.2, 0.25) is 0 Å². The largest absolute Gasteiger partial charge is 0.309 e. The molecule has 56 heavy (non-hydrogen) atoms. The van der Waals surface area contributed by atoms with E-state index in [2.05, 4.69) is 157 Å². The normalized spacial score (nSPS) is 22.2. The fourth-order valence-corrected chi connectivity index (χ4v) is 13.0. The molecule has 0 N–H and O–H groups in total. The lowest BCUT2D eigenvalue weighted by molar-refractivity contribution is 0.342. The summed E-state index contributed by atoms with van der Waals surface area (Å²) in [4.78, 5) is 2.81. The van der Waals surface area contributed by atoms with Gasteiger partial charge in [0.2, 0.25) is 0 Å². The Morgan fingerprint density at radius 1 is 0.393 bits per heavy atom. The molecule has 0 saturated heterocycles. The summed E-state index contributed by atoms with van der Waals surface area (Å²) in [7, 11) is 0. The highest BCUT2D eigenvalue weighted by molar-refractivity contribution is 6.02. The van der Waals surface area contributed by atoms with E-state index < -0.39 is 0 Å². The summed E-state index contributed by atoms with van der Waals surface area (Å²) in [6.45, 7) is 0. The van der Waals surface area contributed by atoms with Crippen LogP contribution in [0.4, 0.5) is 17.1 Å². The molecule has 1 heteroatoms. The Bertz CT molecular complexity index is 2630. The maximum atomic E-state index is 2.81. The van der Waals surface area contributed by atoms with Gasteiger partial charge in [0, 0.05) is 11.3 Å². The van der Waals surface area contributed by atoms with Gasteiger partial charge >= 0.3 is 0 Å². The molecule has 7 aromatic rings. The molecular formula is C55H45N. The van der Waals surface area contributed by atoms with Crippen molar-refractivity contribution < 1.29 is 0 Å². The lowest BCUT2D eigenvalue weighted by Gasteiger charge is -2.48. The highest BCUT2D eigenvalue weighted by Gasteiger charge is 2.53. The van der Waals surface area contributed by atoms with E-state index in [0.717, 1.165) is 0 Å². The van der Waals surface area contributed by atoms with Gasteiger partial charge in [-0.2, -0.15) is 0 Å². The first-order chi connectivity index (χ1) is 27.8. The number of hydrogen-bond donors (Lipinski definition) is 0. The van der Waals surface area contributed by atoms with Gasteiger partial charge in [-0.15, -0.1) is 0 Å². The first kappa shape index (κ1) is 31.5. The molecule has 0 aromatic heterocycles. The molecule has 2 fully saturated rings. The molecule has 7 aromatic carbocycles. The van der Waals surface area contributed by atoms with Gasteiger partial charge in [-0.1, -0.05) is 133 Å². The van der Waals surface area contributed by atoms with Crippen LogP contribution in [0, 0.1) is 0 Å². The van der Waals surface area contributed by atoms with Crippen LogP contribution in [-0.4, -0.2) is 0 Å². The Morgan fingerprint density at radius 2 is 0.857 bits per heavy atom. The standard InChI is InChI=1S/C55H45N/c1-2-11-34(12-3-1)35-29-31-40(32-30-35)56(54-51-38-25-21-36(22-26-38)44(51)33-45-37-23-27-39(28-24-37)52(45)54)50-20-10-19-49-53(50)43-15-6-9-18-48(43)55(49)46-16-7-4-13-41(46)42-14-5-8-17-47(42)55/h1-20,29-33,36-39H,21-28H2. The molecule has 270 valence electrons. The summed E-state index contributed by atoms with van der Waals surface area (Å²) < 4.78 is 0. The van der Waals surface area contributed by atoms with Crippen LogP contribution in [0.3, 0.4) is 0 Å². The minimum atomic E-state index is -0.369. The molecule has 2 saturated carbocycles. The summed E-state index contributed by atoms with van der Waals surface area (Å²) >= 11 is 0. The van der Waals surface area contributed by atoms with Crippen LogP contribution < -0.4 is 4.90 Å². The summed E-state index contributed by atoms with van der Waals surface area (Å²) in [5.41, 5.74) is 24.3. The Morgan fingerprint density at radius 3 is 1.45 bits per heavy atom. The van der Waals surface area contributed by atoms with Crippen LogP contribution in [0.15, 0.2) is 152 Å². The van der Waals surface area contributed by atoms with Crippen LogP contribution in [0.5, 0.6) is 0 Å². The van der Waals surface area contributed by atoms with Crippen LogP contribution >= 0.6 is 0 Å². The van der Waals surface area contributed by atoms with Gasteiger partial charge in [-0.05, 0) is 166 Å². The zero-order chi connectivity index (χ0) is 36.5. The molecule has 0 heterocycles. The average molecular weight is 720 g/mol. The molecular weight excluding hydrogens is 675 g/mol. The Labute approximate surface area is 330 Å². The second kappa shape index (κ2) is 11.7. The van der Waals surface area contributed by atoms with Crippen molar-refractivity contribution in [3.63, 3.8) is 0 Å². The van der Waals surface area contributed by atoms with E-state index in [1.807, 2.05) is 0 Å². The number of anilines is 3. The van der Waals surface area contributed by atoms with Crippen LogP contribution in [0.25, 0.3) is 33.4 Å². The fraction of sp³-hybridized carbons (Fsp3) is 0.236. The number of rotatable bonds is 4. The first-order valence-corrected chi connectivity index (χ1v) is 21.4. The van der Waals surface area contributed by atoms with E-state index in [-0.39, 0.29) is 5.41 Å². The topological polar surface area (TPSA) is 3.24 Å². The van der Waals surface area contributed by atoms with Gasteiger partial charge in [0.1, 0.15) is 0 Å². The summed E-state index contributed by atoms with van der Waals surface area (Å²) in [5, 5.41) is 0. The predicted molar refractivity (Wildman–Crippen MR) is 231 cm³/mol. The molecule has 8 aliphatic carbocycles. The van der Waals surface area contributed by atoms with E-state index in [0.29, 0.717) is 23.7 Å².